The van der Waals surface area contributed by atoms with E-state index in [2.05, 4.69) is 0 Å². The molecule has 1 fully saturated rings. The van der Waals surface area contributed by atoms with Crippen LogP contribution >= 0.6 is 0 Å². The van der Waals surface area contributed by atoms with Crippen LogP contribution in [0, 0.1) is 5.41 Å². The fraction of sp³-hybridized carbons (Fsp3) is 0.579. The number of amides is 1. The third-order valence-electron chi connectivity index (χ3n) is 4.97. The van der Waals surface area contributed by atoms with Gasteiger partial charge in [-0.05, 0) is 37.3 Å². The average molecular weight is 349 g/mol. The number of hydrogen-bond donors (Lipinski definition) is 1. The average Bonchev–Trinajstić information content (AvgIpc) is 2.64. The number of nitrogens with zero attached hydrogens (tertiary/aromatic N) is 1. The monoisotopic (exact) mass is 349 g/mol. The molecule has 1 aliphatic rings. The van der Waals surface area contributed by atoms with Crippen molar-refractivity contribution in [2.75, 3.05) is 33.9 Å². The predicted molar refractivity (Wildman–Crippen MR) is 93.7 cm³/mol. The lowest BCUT2D eigenvalue weighted by Crippen LogP contribution is -2.50. The van der Waals surface area contributed by atoms with Crippen molar-refractivity contribution in [3.05, 3.63) is 29.8 Å². The second kappa shape index (κ2) is 8.85. The summed E-state index contributed by atoms with van der Waals surface area (Å²) >= 11 is 0. The Morgan fingerprint density at radius 1 is 1.28 bits per heavy atom. The summed E-state index contributed by atoms with van der Waals surface area (Å²) in [6.45, 7) is 1.26. The Kier molecular flexibility index (Phi) is 6.82. The lowest BCUT2D eigenvalue weighted by molar-refractivity contribution is -0.156. The number of carbonyl (C=O) groups is 2. The molecule has 0 unspecified atom stereocenters. The topological polar surface area (TPSA) is 76.1 Å². The smallest absolute Gasteiger partial charge is 0.311 e. The Balaban J connectivity index is 2.00. The maximum Gasteiger partial charge on any atom is 0.311 e. The van der Waals surface area contributed by atoms with Gasteiger partial charge in [0.1, 0.15) is 5.75 Å². The summed E-state index contributed by atoms with van der Waals surface area (Å²) in [5, 5.41) is 9.68. The zero-order valence-corrected chi connectivity index (χ0v) is 15.0. The minimum absolute atomic E-state index is 0.00588. The minimum atomic E-state index is -0.894. The molecule has 1 aromatic rings. The van der Waals surface area contributed by atoms with Crippen LogP contribution < -0.4 is 4.74 Å². The van der Waals surface area contributed by atoms with Crippen molar-refractivity contribution < 1.29 is 24.2 Å². The Labute approximate surface area is 148 Å². The summed E-state index contributed by atoms with van der Waals surface area (Å²) < 4.78 is 10.4. The van der Waals surface area contributed by atoms with Gasteiger partial charge in [0, 0.05) is 33.2 Å². The van der Waals surface area contributed by atoms with E-state index in [0.717, 1.165) is 11.3 Å². The number of aryl methyl sites for hydroxylation is 1. The summed E-state index contributed by atoms with van der Waals surface area (Å²) in [6.07, 6.45) is 2.64. The second-order valence-electron chi connectivity index (χ2n) is 6.56. The minimum Gasteiger partial charge on any atom is -0.496 e. The number of rotatable bonds is 8. The molecule has 25 heavy (non-hydrogen) atoms. The number of carboxylic acids is 1. The Bertz CT molecular complexity index is 603. The first-order chi connectivity index (χ1) is 12.0. The molecular formula is C19H27NO5. The highest BCUT2D eigenvalue weighted by atomic mass is 16.5. The molecule has 0 bridgehead atoms. The van der Waals surface area contributed by atoms with Crippen LogP contribution in [0.4, 0.5) is 0 Å². The van der Waals surface area contributed by atoms with Gasteiger partial charge in [0.25, 0.3) is 0 Å². The highest BCUT2D eigenvalue weighted by Crippen LogP contribution is 2.34. The van der Waals surface area contributed by atoms with E-state index in [1.165, 1.54) is 0 Å². The van der Waals surface area contributed by atoms with Crippen LogP contribution in [0.2, 0.25) is 0 Å². The lowest BCUT2D eigenvalue weighted by Gasteiger charge is -2.40. The van der Waals surface area contributed by atoms with Crippen LogP contribution in [0.3, 0.4) is 0 Å². The molecule has 138 valence electrons. The summed E-state index contributed by atoms with van der Waals surface area (Å²) in [4.78, 5) is 26.1. The number of carboxylic acid groups (broad SMARTS) is 1. The number of ether oxygens (including phenoxy) is 2. The summed E-state index contributed by atoms with van der Waals surface area (Å²) in [6, 6.07) is 7.64. The standard InChI is InChI=1S/C19H27NO5/c1-24-13-11-19(18(22)23)10-5-12-20(14-19)17(21)9-8-15-6-3-4-7-16(15)25-2/h3-4,6-7H,5,8-14H2,1-2H3,(H,22,23)/t19-/m0/s1. The van der Waals surface area contributed by atoms with Gasteiger partial charge in [-0.2, -0.15) is 0 Å². The van der Waals surface area contributed by atoms with Crippen molar-refractivity contribution in [1.82, 2.24) is 4.90 Å². The Morgan fingerprint density at radius 3 is 2.72 bits per heavy atom. The lowest BCUT2D eigenvalue weighted by atomic mass is 9.77. The highest BCUT2D eigenvalue weighted by Gasteiger charge is 2.43. The van der Waals surface area contributed by atoms with E-state index in [0.29, 0.717) is 45.3 Å². The van der Waals surface area contributed by atoms with Gasteiger partial charge >= 0.3 is 5.97 Å². The molecule has 1 amide bonds. The Morgan fingerprint density at radius 2 is 2.04 bits per heavy atom. The van der Waals surface area contributed by atoms with Gasteiger partial charge in [-0.1, -0.05) is 18.2 Å². The van der Waals surface area contributed by atoms with Crippen molar-refractivity contribution in [3.63, 3.8) is 0 Å². The van der Waals surface area contributed by atoms with Gasteiger partial charge in [0.15, 0.2) is 0 Å². The van der Waals surface area contributed by atoms with Gasteiger partial charge in [0.2, 0.25) is 5.91 Å². The van der Waals surface area contributed by atoms with E-state index in [4.69, 9.17) is 9.47 Å². The number of benzene rings is 1. The van der Waals surface area contributed by atoms with Crippen molar-refractivity contribution in [3.8, 4) is 5.75 Å². The van der Waals surface area contributed by atoms with Crippen molar-refractivity contribution in [1.29, 1.82) is 0 Å². The van der Waals surface area contributed by atoms with E-state index in [9.17, 15) is 14.7 Å². The molecule has 0 aliphatic carbocycles. The van der Waals surface area contributed by atoms with Crippen LogP contribution in [0.25, 0.3) is 0 Å². The van der Waals surface area contributed by atoms with E-state index in [1.807, 2.05) is 24.3 Å². The largest absolute Gasteiger partial charge is 0.496 e. The Hall–Kier alpha value is -2.08. The second-order valence-corrected chi connectivity index (χ2v) is 6.56. The molecule has 1 saturated heterocycles. The van der Waals surface area contributed by atoms with Crippen LogP contribution in [0.15, 0.2) is 24.3 Å². The molecule has 1 aliphatic heterocycles. The van der Waals surface area contributed by atoms with Crippen LogP contribution in [0.5, 0.6) is 5.75 Å². The first kappa shape index (κ1) is 19.2. The number of methoxy groups -OCH3 is 2. The molecule has 1 atom stereocenters. The molecule has 1 heterocycles. The molecular weight excluding hydrogens is 322 g/mol. The molecule has 0 radical (unpaired) electrons. The third-order valence-corrected chi connectivity index (χ3v) is 4.97. The summed E-state index contributed by atoms with van der Waals surface area (Å²) in [5.74, 6) is -0.0747. The van der Waals surface area contributed by atoms with Crippen molar-refractivity contribution >= 4 is 11.9 Å². The molecule has 0 saturated carbocycles. The quantitative estimate of drug-likeness (QED) is 0.780. The fourth-order valence-electron chi connectivity index (χ4n) is 3.44. The molecule has 1 aromatic carbocycles. The maximum absolute atomic E-state index is 12.6. The summed E-state index contributed by atoms with van der Waals surface area (Å²) in [5.41, 5.74) is 0.0909. The number of likely N-dealkylation sites (tertiary alicyclic amines) is 1. The predicted octanol–water partition coefficient (Wildman–Crippen LogP) is 2.36. The highest BCUT2D eigenvalue weighted by molar-refractivity contribution is 5.80. The SMILES string of the molecule is COCC[C@@]1(C(=O)O)CCCN(C(=O)CCc2ccccc2OC)C1. The van der Waals surface area contributed by atoms with Gasteiger partial charge in [-0.15, -0.1) is 0 Å². The van der Waals surface area contributed by atoms with Gasteiger partial charge in [-0.25, -0.2) is 0 Å². The number of aliphatic carboxylic acids is 1. The van der Waals surface area contributed by atoms with E-state index in [-0.39, 0.29) is 12.5 Å². The summed E-state index contributed by atoms with van der Waals surface area (Å²) in [7, 11) is 3.18. The van der Waals surface area contributed by atoms with Crippen molar-refractivity contribution in [2.45, 2.75) is 32.1 Å². The first-order valence-electron chi connectivity index (χ1n) is 8.64. The van der Waals surface area contributed by atoms with E-state index >= 15 is 0 Å². The number of para-hydroxylation sites is 1. The van der Waals surface area contributed by atoms with Gasteiger partial charge in [-0.3, -0.25) is 9.59 Å². The fourth-order valence-corrected chi connectivity index (χ4v) is 3.44. The maximum atomic E-state index is 12.6. The van der Waals surface area contributed by atoms with Crippen molar-refractivity contribution in [2.24, 2.45) is 5.41 Å². The number of piperidine rings is 1. The number of hydrogen-bond acceptors (Lipinski definition) is 4. The molecule has 2 rings (SSSR count). The third kappa shape index (κ3) is 4.72. The molecule has 6 nitrogen and oxygen atoms in total. The van der Waals surface area contributed by atoms with Crippen LogP contribution in [-0.4, -0.2) is 55.8 Å². The van der Waals surface area contributed by atoms with Gasteiger partial charge < -0.3 is 19.5 Å². The van der Waals surface area contributed by atoms with E-state index in [1.54, 1.807) is 19.1 Å². The zero-order valence-electron chi connectivity index (χ0n) is 15.0. The first-order valence-corrected chi connectivity index (χ1v) is 8.64. The molecule has 0 aromatic heterocycles. The van der Waals surface area contributed by atoms with Crippen LogP contribution in [0.1, 0.15) is 31.2 Å². The van der Waals surface area contributed by atoms with E-state index < -0.39 is 11.4 Å². The number of carbonyl (C=O) groups excluding carboxylic acids is 1. The zero-order chi connectivity index (χ0) is 18.3. The molecule has 0 spiro atoms. The normalized spacial score (nSPS) is 20.3. The molecule has 6 heteroatoms. The van der Waals surface area contributed by atoms with Gasteiger partial charge in [0.05, 0.1) is 12.5 Å². The van der Waals surface area contributed by atoms with Crippen LogP contribution in [-0.2, 0) is 20.7 Å². The molecule has 1 N–H and O–H groups in total.